The fraction of sp³-hybridized carbons (Fsp3) is 0.478. The van der Waals surface area contributed by atoms with Gasteiger partial charge in [-0.2, -0.15) is 5.10 Å². The number of aromatic nitrogens is 4. The van der Waals surface area contributed by atoms with Gasteiger partial charge in [-0.05, 0) is 62.6 Å². The van der Waals surface area contributed by atoms with E-state index in [1.165, 1.54) is 12.0 Å². The SMILES string of the molecule is Cc1[nH]cnc1C(=O)N1CCC(c2ccn3ncc(C(=O)N4CCCCC4)c3c2)CC1. The number of rotatable bonds is 3. The predicted octanol–water partition coefficient (Wildman–Crippen LogP) is 3.01. The lowest BCUT2D eigenvalue weighted by Crippen LogP contribution is -2.38. The Morgan fingerprint density at radius 2 is 1.77 bits per heavy atom. The number of aryl methyl sites for hydroxylation is 1. The number of imidazole rings is 1. The molecule has 1 N–H and O–H groups in total. The first-order valence-corrected chi connectivity index (χ1v) is 11.2. The Labute approximate surface area is 181 Å². The van der Waals surface area contributed by atoms with Crippen LogP contribution in [0, 0.1) is 6.92 Å². The Kier molecular flexibility index (Phi) is 5.21. The summed E-state index contributed by atoms with van der Waals surface area (Å²) in [5.41, 5.74) is 4.09. The summed E-state index contributed by atoms with van der Waals surface area (Å²) < 4.78 is 1.79. The van der Waals surface area contributed by atoms with Crippen LogP contribution in [-0.4, -0.2) is 67.4 Å². The number of likely N-dealkylation sites (tertiary alicyclic amines) is 2. The first kappa shape index (κ1) is 19.8. The number of hydrogen-bond acceptors (Lipinski definition) is 4. The Balaban J connectivity index is 1.31. The summed E-state index contributed by atoms with van der Waals surface area (Å²) in [6, 6.07) is 4.21. The average molecular weight is 421 g/mol. The molecule has 5 rings (SSSR count). The number of nitrogens with one attached hydrogen (secondary N) is 1. The van der Waals surface area contributed by atoms with Crippen LogP contribution in [0.2, 0.25) is 0 Å². The minimum Gasteiger partial charge on any atom is -0.348 e. The maximum absolute atomic E-state index is 13.0. The number of carbonyl (C=O) groups is 2. The van der Waals surface area contributed by atoms with Gasteiger partial charge in [-0.15, -0.1) is 0 Å². The van der Waals surface area contributed by atoms with Crippen molar-refractivity contribution in [2.75, 3.05) is 26.2 Å². The molecular weight excluding hydrogens is 392 g/mol. The largest absolute Gasteiger partial charge is 0.348 e. The normalized spacial score (nSPS) is 18.0. The number of nitrogens with zero attached hydrogens (tertiary/aromatic N) is 5. The molecule has 0 saturated carbocycles. The lowest BCUT2D eigenvalue weighted by Gasteiger charge is -2.32. The van der Waals surface area contributed by atoms with Gasteiger partial charge in [-0.3, -0.25) is 9.59 Å². The highest BCUT2D eigenvalue weighted by molar-refractivity contribution is 6.00. The zero-order chi connectivity index (χ0) is 21.4. The van der Waals surface area contributed by atoms with Gasteiger partial charge in [-0.25, -0.2) is 9.50 Å². The molecule has 162 valence electrons. The van der Waals surface area contributed by atoms with Gasteiger partial charge in [0.15, 0.2) is 0 Å². The van der Waals surface area contributed by atoms with E-state index in [0.29, 0.717) is 30.3 Å². The lowest BCUT2D eigenvalue weighted by molar-refractivity contribution is 0.0704. The first-order valence-electron chi connectivity index (χ1n) is 11.2. The second-order valence-electron chi connectivity index (χ2n) is 8.64. The Morgan fingerprint density at radius 1 is 1.03 bits per heavy atom. The van der Waals surface area contributed by atoms with Crippen molar-refractivity contribution >= 4 is 17.3 Å². The number of H-pyrrole nitrogens is 1. The van der Waals surface area contributed by atoms with Crippen LogP contribution in [0.1, 0.15) is 70.1 Å². The van der Waals surface area contributed by atoms with E-state index in [1.807, 2.05) is 22.9 Å². The van der Waals surface area contributed by atoms with E-state index in [-0.39, 0.29) is 11.8 Å². The third-order valence-electron chi connectivity index (χ3n) is 6.71. The van der Waals surface area contributed by atoms with E-state index in [4.69, 9.17) is 0 Å². The first-order chi connectivity index (χ1) is 15.1. The fourth-order valence-corrected chi connectivity index (χ4v) is 4.82. The molecule has 2 aliphatic rings. The van der Waals surface area contributed by atoms with Crippen molar-refractivity contribution in [3.8, 4) is 0 Å². The van der Waals surface area contributed by atoms with Crippen molar-refractivity contribution in [2.24, 2.45) is 0 Å². The number of carbonyl (C=O) groups excluding carboxylic acids is 2. The van der Waals surface area contributed by atoms with Crippen molar-refractivity contribution < 1.29 is 9.59 Å². The van der Waals surface area contributed by atoms with Gasteiger partial charge in [0.2, 0.25) is 0 Å². The summed E-state index contributed by atoms with van der Waals surface area (Å²) in [4.78, 5) is 36.8. The monoisotopic (exact) mass is 420 g/mol. The molecule has 0 aliphatic carbocycles. The second kappa shape index (κ2) is 8.17. The Hall–Kier alpha value is -3.16. The molecule has 3 aromatic heterocycles. The van der Waals surface area contributed by atoms with Crippen molar-refractivity contribution in [3.63, 3.8) is 0 Å². The molecule has 0 unspecified atom stereocenters. The standard InChI is InChI=1S/C23H28N6O2/c1-16-21(25-15-24-16)23(31)28-10-5-17(6-11-28)18-7-12-29-20(13-18)19(14-26-29)22(30)27-8-3-2-4-9-27/h7,12-15,17H,2-6,8-11H2,1H3,(H,24,25). The summed E-state index contributed by atoms with van der Waals surface area (Å²) in [6.07, 6.45) is 10.4. The van der Waals surface area contributed by atoms with Crippen molar-refractivity contribution in [1.29, 1.82) is 0 Å². The zero-order valence-electron chi connectivity index (χ0n) is 17.9. The summed E-state index contributed by atoms with van der Waals surface area (Å²) in [7, 11) is 0. The number of hydrogen-bond donors (Lipinski definition) is 1. The third kappa shape index (κ3) is 3.71. The summed E-state index contributed by atoms with van der Waals surface area (Å²) in [6.45, 7) is 4.95. The molecule has 2 amide bonds. The molecule has 8 heteroatoms. The highest BCUT2D eigenvalue weighted by atomic mass is 16.2. The van der Waals surface area contributed by atoms with Crippen LogP contribution < -0.4 is 0 Å². The van der Waals surface area contributed by atoms with Crippen LogP contribution in [0.3, 0.4) is 0 Å². The third-order valence-corrected chi connectivity index (χ3v) is 6.71. The molecule has 2 saturated heterocycles. The highest BCUT2D eigenvalue weighted by Gasteiger charge is 2.27. The van der Waals surface area contributed by atoms with E-state index < -0.39 is 0 Å². The molecule has 2 aliphatic heterocycles. The van der Waals surface area contributed by atoms with Crippen LogP contribution in [0.5, 0.6) is 0 Å². The van der Waals surface area contributed by atoms with Crippen molar-refractivity contribution in [3.05, 3.63) is 53.4 Å². The number of amides is 2. The van der Waals surface area contributed by atoms with E-state index >= 15 is 0 Å². The minimum atomic E-state index is -0.00198. The van der Waals surface area contributed by atoms with E-state index in [2.05, 4.69) is 27.2 Å². The quantitative estimate of drug-likeness (QED) is 0.706. The molecule has 0 aromatic carbocycles. The lowest BCUT2D eigenvalue weighted by atomic mass is 9.89. The molecule has 8 nitrogen and oxygen atoms in total. The van der Waals surface area contributed by atoms with Gasteiger partial charge >= 0.3 is 0 Å². The molecule has 2 fully saturated rings. The molecule has 3 aromatic rings. The van der Waals surface area contributed by atoms with Crippen LogP contribution in [0.25, 0.3) is 5.52 Å². The van der Waals surface area contributed by atoms with Gasteiger partial charge in [0.1, 0.15) is 5.69 Å². The Morgan fingerprint density at radius 3 is 2.48 bits per heavy atom. The smallest absolute Gasteiger partial charge is 0.274 e. The predicted molar refractivity (Wildman–Crippen MR) is 116 cm³/mol. The molecular formula is C23H28N6O2. The number of pyridine rings is 1. The molecule has 31 heavy (non-hydrogen) atoms. The molecule has 0 atom stereocenters. The zero-order valence-corrected chi connectivity index (χ0v) is 17.9. The summed E-state index contributed by atoms with van der Waals surface area (Å²) in [5, 5.41) is 4.40. The van der Waals surface area contributed by atoms with Crippen molar-refractivity contribution in [2.45, 2.75) is 44.9 Å². The van der Waals surface area contributed by atoms with Gasteiger partial charge in [0.05, 0.1) is 23.6 Å². The maximum atomic E-state index is 13.0. The van der Waals surface area contributed by atoms with Crippen molar-refractivity contribution in [1.82, 2.24) is 29.4 Å². The summed E-state index contributed by atoms with van der Waals surface area (Å²) >= 11 is 0. The molecule has 5 heterocycles. The van der Waals surface area contributed by atoms with E-state index in [1.54, 1.807) is 17.0 Å². The van der Waals surface area contributed by atoms with Crippen LogP contribution in [0.4, 0.5) is 0 Å². The minimum absolute atomic E-state index is 0.00198. The number of aromatic amines is 1. The summed E-state index contributed by atoms with van der Waals surface area (Å²) in [5.74, 6) is 0.446. The Bertz CT molecular complexity index is 1100. The molecule has 0 radical (unpaired) electrons. The van der Waals surface area contributed by atoms with Gasteiger partial charge in [-0.1, -0.05) is 0 Å². The van der Waals surface area contributed by atoms with Gasteiger partial charge < -0.3 is 14.8 Å². The van der Waals surface area contributed by atoms with E-state index in [9.17, 15) is 9.59 Å². The van der Waals surface area contributed by atoms with Crippen LogP contribution >= 0.6 is 0 Å². The van der Waals surface area contributed by atoms with Gasteiger partial charge in [0, 0.05) is 38.1 Å². The topological polar surface area (TPSA) is 86.6 Å². The maximum Gasteiger partial charge on any atom is 0.274 e. The number of piperidine rings is 2. The molecule has 0 bridgehead atoms. The van der Waals surface area contributed by atoms with Crippen LogP contribution in [0.15, 0.2) is 30.9 Å². The van der Waals surface area contributed by atoms with E-state index in [0.717, 1.165) is 50.0 Å². The molecule has 0 spiro atoms. The number of fused-ring (bicyclic) bond motifs is 1. The fourth-order valence-electron chi connectivity index (χ4n) is 4.82. The highest BCUT2D eigenvalue weighted by Crippen LogP contribution is 2.30. The average Bonchev–Trinajstić information content (AvgIpc) is 3.44. The second-order valence-corrected chi connectivity index (χ2v) is 8.64. The van der Waals surface area contributed by atoms with Gasteiger partial charge in [0.25, 0.3) is 11.8 Å². The van der Waals surface area contributed by atoms with Crippen LogP contribution in [-0.2, 0) is 0 Å².